The molecule has 0 amide bonds. The van der Waals surface area contributed by atoms with Crippen LogP contribution in [-0.4, -0.2) is 22.9 Å². The van der Waals surface area contributed by atoms with Crippen LogP contribution in [0.15, 0.2) is 12.4 Å². The van der Waals surface area contributed by atoms with Gasteiger partial charge in [-0.05, 0) is 13.3 Å². The SMILES string of the molecule is CCCn1cc([C@@H](C)OCCN)cn1. The maximum absolute atomic E-state index is 5.49. The Labute approximate surface area is 85.0 Å². The molecule has 80 valence electrons. The zero-order chi connectivity index (χ0) is 10.4. The molecule has 0 saturated carbocycles. The Bertz CT molecular complexity index is 260. The third-order valence-corrected chi connectivity index (χ3v) is 2.06. The Morgan fingerprint density at radius 1 is 1.64 bits per heavy atom. The van der Waals surface area contributed by atoms with Gasteiger partial charge >= 0.3 is 0 Å². The lowest BCUT2D eigenvalue weighted by atomic mass is 10.2. The monoisotopic (exact) mass is 197 g/mol. The normalized spacial score (nSPS) is 13.1. The van der Waals surface area contributed by atoms with Gasteiger partial charge in [-0.25, -0.2) is 0 Å². The average Bonchev–Trinajstić information content (AvgIpc) is 2.63. The first kappa shape index (κ1) is 11.2. The van der Waals surface area contributed by atoms with Gasteiger partial charge in [0, 0.05) is 24.8 Å². The molecule has 1 aromatic heterocycles. The van der Waals surface area contributed by atoms with Crippen LogP contribution in [0.1, 0.15) is 31.9 Å². The molecule has 4 nitrogen and oxygen atoms in total. The minimum atomic E-state index is 0.0872. The van der Waals surface area contributed by atoms with Gasteiger partial charge in [0.25, 0.3) is 0 Å². The van der Waals surface area contributed by atoms with E-state index in [0.29, 0.717) is 13.2 Å². The fourth-order valence-corrected chi connectivity index (χ4v) is 1.28. The summed E-state index contributed by atoms with van der Waals surface area (Å²) >= 11 is 0. The Hall–Kier alpha value is -0.870. The summed E-state index contributed by atoms with van der Waals surface area (Å²) in [7, 11) is 0. The highest BCUT2D eigenvalue weighted by Crippen LogP contribution is 2.15. The molecular formula is C10H19N3O. The number of hydrogen-bond acceptors (Lipinski definition) is 3. The van der Waals surface area contributed by atoms with E-state index in [2.05, 4.69) is 12.0 Å². The molecule has 1 aromatic rings. The summed E-state index contributed by atoms with van der Waals surface area (Å²) in [5.41, 5.74) is 6.48. The molecule has 0 aliphatic rings. The fraction of sp³-hybridized carbons (Fsp3) is 0.700. The van der Waals surface area contributed by atoms with Crippen molar-refractivity contribution in [2.45, 2.75) is 32.9 Å². The Balaban J connectivity index is 2.48. The van der Waals surface area contributed by atoms with Crippen molar-refractivity contribution in [3.8, 4) is 0 Å². The number of hydrogen-bond donors (Lipinski definition) is 1. The summed E-state index contributed by atoms with van der Waals surface area (Å²) < 4.78 is 7.43. The van der Waals surface area contributed by atoms with Crippen molar-refractivity contribution in [2.75, 3.05) is 13.2 Å². The Morgan fingerprint density at radius 3 is 3.07 bits per heavy atom. The highest BCUT2D eigenvalue weighted by atomic mass is 16.5. The summed E-state index contributed by atoms with van der Waals surface area (Å²) in [6.45, 7) is 6.27. The van der Waals surface area contributed by atoms with Crippen LogP contribution in [-0.2, 0) is 11.3 Å². The number of nitrogens with zero attached hydrogens (tertiary/aromatic N) is 2. The smallest absolute Gasteiger partial charge is 0.0827 e. The molecule has 0 aromatic carbocycles. The third-order valence-electron chi connectivity index (χ3n) is 2.06. The predicted octanol–water partition coefficient (Wildman–Crippen LogP) is 1.33. The van der Waals surface area contributed by atoms with Crippen LogP contribution >= 0.6 is 0 Å². The fourth-order valence-electron chi connectivity index (χ4n) is 1.28. The van der Waals surface area contributed by atoms with Crippen LogP contribution in [0.3, 0.4) is 0 Å². The van der Waals surface area contributed by atoms with Gasteiger partial charge in [0.2, 0.25) is 0 Å². The van der Waals surface area contributed by atoms with Crippen LogP contribution in [0.5, 0.6) is 0 Å². The van der Waals surface area contributed by atoms with Crippen molar-refractivity contribution < 1.29 is 4.74 Å². The maximum Gasteiger partial charge on any atom is 0.0827 e. The molecule has 1 heterocycles. The van der Waals surface area contributed by atoms with Gasteiger partial charge < -0.3 is 10.5 Å². The molecule has 0 aliphatic carbocycles. The first-order chi connectivity index (χ1) is 6.77. The standard InChI is InChI=1S/C10H19N3O/c1-3-5-13-8-10(7-12-13)9(2)14-6-4-11/h7-9H,3-6,11H2,1-2H3/t9-/m1/s1. The van der Waals surface area contributed by atoms with Crippen molar-refractivity contribution in [2.24, 2.45) is 5.73 Å². The molecule has 2 N–H and O–H groups in total. The molecule has 0 fully saturated rings. The average molecular weight is 197 g/mol. The number of aryl methyl sites for hydroxylation is 1. The van der Waals surface area contributed by atoms with E-state index in [0.717, 1.165) is 18.5 Å². The minimum Gasteiger partial charge on any atom is -0.372 e. The molecule has 4 heteroatoms. The number of aromatic nitrogens is 2. The molecule has 0 unspecified atom stereocenters. The van der Waals surface area contributed by atoms with Gasteiger partial charge in [-0.1, -0.05) is 6.92 Å². The van der Waals surface area contributed by atoms with Crippen molar-refractivity contribution >= 4 is 0 Å². The summed E-state index contributed by atoms with van der Waals surface area (Å²) in [5.74, 6) is 0. The number of rotatable bonds is 6. The molecule has 0 spiro atoms. The first-order valence-electron chi connectivity index (χ1n) is 5.12. The van der Waals surface area contributed by atoms with Gasteiger partial charge in [0.05, 0.1) is 18.9 Å². The van der Waals surface area contributed by atoms with Crippen LogP contribution in [0.2, 0.25) is 0 Å². The Kier molecular flexibility index (Phi) is 4.62. The summed E-state index contributed by atoms with van der Waals surface area (Å²) in [6, 6.07) is 0. The second-order valence-corrected chi connectivity index (χ2v) is 3.34. The Morgan fingerprint density at radius 2 is 2.43 bits per heavy atom. The first-order valence-corrected chi connectivity index (χ1v) is 5.12. The maximum atomic E-state index is 5.49. The lowest BCUT2D eigenvalue weighted by Gasteiger charge is -2.09. The number of nitrogens with two attached hydrogens (primary N) is 1. The predicted molar refractivity (Wildman–Crippen MR) is 55.9 cm³/mol. The summed E-state index contributed by atoms with van der Waals surface area (Å²) in [6.07, 6.45) is 5.07. The molecule has 0 radical (unpaired) electrons. The van der Waals surface area contributed by atoms with E-state index >= 15 is 0 Å². The second kappa shape index (κ2) is 5.78. The lowest BCUT2D eigenvalue weighted by molar-refractivity contribution is 0.0717. The molecule has 1 rings (SSSR count). The second-order valence-electron chi connectivity index (χ2n) is 3.34. The van der Waals surface area contributed by atoms with E-state index in [-0.39, 0.29) is 6.10 Å². The van der Waals surface area contributed by atoms with Crippen molar-refractivity contribution in [3.05, 3.63) is 18.0 Å². The van der Waals surface area contributed by atoms with E-state index in [9.17, 15) is 0 Å². The van der Waals surface area contributed by atoms with Crippen molar-refractivity contribution in [3.63, 3.8) is 0 Å². The van der Waals surface area contributed by atoms with E-state index in [1.807, 2.05) is 24.0 Å². The van der Waals surface area contributed by atoms with Gasteiger partial charge in [0.15, 0.2) is 0 Å². The number of ether oxygens (including phenoxy) is 1. The zero-order valence-corrected chi connectivity index (χ0v) is 8.94. The van der Waals surface area contributed by atoms with Gasteiger partial charge in [0.1, 0.15) is 0 Å². The highest BCUT2D eigenvalue weighted by molar-refractivity contribution is 5.07. The molecule has 14 heavy (non-hydrogen) atoms. The van der Waals surface area contributed by atoms with Crippen molar-refractivity contribution in [1.82, 2.24) is 9.78 Å². The molecule has 0 saturated heterocycles. The van der Waals surface area contributed by atoms with E-state index in [4.69, 9.17) is 10.5 Å². The van der Waals surface area contributed by atoms with Gasteiger partial charge in [-0.15, -0.1) is 0 Å². The van der Waals surface area contributed by atoms with Crippen LogP contribution in [0.25, 0.3) is 0 Å². The lowest BCUT2D eigenvalue weighted by Crippen LogP contribution is -2.10. The third kappa shape index (κ3) is 3.12. The highest BCUT2D eigenvalue weighted by Gasteiger charge is 2.07. The summed E-state index contributed by atoms with van der Waals surface area (Å²) in [4.78, 5) is 0. The molecule has 0 bridgehead atoms. The van der Waals surface area contributed by atoms with Crippen LogP contribution in [0.4, 0.5) is 0 Å². The van der Waals surface area contributed by atoms with Gasteiger partial charge in [-0.3, -0.25) is 4.68 Å². The van der Waals surface area contributed by atoms with E-state index < -0.39 is 0 Å². The largest absolute Gasteiger partial charge is 0.372 e. The molecule has 0 aliphatic heterocycles. The topological polar surface area (TPSA) is 53.1 Å². The van der Waals surface area contributed by atoms with Gasteiger partial charge in [-0.2, -0.15) is 5.10 Å². The van der Waals surface area contributed by atoms with Crippen molar-refractivity contribution in [1.29, 1.82) is 0 Å². The molecular weight excluding hydrogens is 178 g/mol. The van der Waals surface area contributed by atoms with E-state index in [1.54, 1.807) is 0 Å². The van der Waals surface area contributed by atoms with Crippen LogP contribution < -0.4 is 5.73 Å². The molecule has 1 atom stereocenters. The van der Waals surface area contributed by atoms with Crippen LogP contribution in [0, 0.1) is 0 Å². The minimum absolute atomic E-state index is 0.0872. The quantitative estimate of drug-likeness (QED) is 0.748. The summed E-state index contributed by atoms with van der Waals surface area (Å²) in [5, 5.41) is 4.24. The zero-order valence-electron chi connectivity index (χ0n) is 8.94. The van der Waals surface area contributed by atoms with E-state index in [1.165, 1.54) is 0 Å².